The molecule has 2 aliphatic carbocycles. The molecule has 1 heterocycles. The molecule has 0 aromatic heterocycles. The largest absolute Gasteiger partial charge is 0.444 e. The summed E-state index contributed by atoms with van der Waals surface area (Å²) in [5.74, 6) is -2.46. The van der Waals surface area contributed by atoms with Crippen LogP contribution in [0.1, 0.15) is 80.2 Å². The van der Waals surface area contributed by atoms with Crippen molar-refractivity contribution in [1.82, 2.24) is 34.8 Å². The fourth-order valence-electron chi connectivity index (χ4n) is 7.42. The van der Waals surface area contributed by atoms with Gasteiger partial charge in [0.15, 0.2) is 0 Å². The number of piperidine rings is 1. The molecule has 1 aromatic rings. The number of carbonyl (C=O) groups is 6. The predicted octanol–water partition coefficient (Wildman–Crippen LogP) is 2.64. The molecule has 3 fully saturated rings. The van der Waals surface area contributed by atoms with Crippen LogP contribution in [0.3, 0.4) is 0 Å². The monoisotopic (exact) mass is 803 g/mol. The van der Waals surface area contributed by atoms with Crippen LogP contribution in [-0.4, -0.2) is 116 Å². The van der Waals surface area contributed by atoms with Crippen molar-refractivity contribution >= 4 is 45.8 Å². The number of Topliss-reactive ketones (excluding diaryl/α,β-unsaturated/α-hetero) is 1. The standard InChI is InChI=1S/C39H61N7O9S/c1-37(2,3)27(21-44(10)56(53,54)45(11)36(52)55-22-24-15-13-12-14-16-24)42-35(51)43-31(38(4,5)6)34(50)46-20-25-28(39(25,7)8)29(46)32(48)41-26(19-23-17-18-23)30(47)33(49)40-9/h12-16,23,25-29,31H,17-22H2,1-11H3,(H,40,49)(H,41,48)(H2,42,43,51)/t25-,26?,27+,28-,29-,31+/m0/s1. The van der Waals surface area contributed by atoms with Gasteiger partial charge in [-0.15, -0.1) is 0 Å². The molecule has 56 heavy (non-hydrogen) atoms. The fraction of sp³-hybridized carbons (Fsp3) is 0.692. The lowest BCUT2D eigenvalue weighted by atomic mass is 9.85. The third kappa shape index (κ3) is 10.2. The second kappa shape index (κ2) is 16.7. The lowest BCUT2D eigenvalue weighted by Crippen LogP contribution is -2.63. The topological polar surface area (TPSA) is 204 Å². The predicted molar refractivity (Wildman–Crippen MR) is 209 cm³/mol. The van der Waals surface area contributed by atoms with Crippen LogP contribution in [0.5, 0.6) is 0 Å². The fourth-order valence-corrected chi connectivity index (χ4v) is 8.41. The highest BCUT2D eigenvalue weighted by molar-refractivity contribution is 7.87. The molecule has 0 radical (unpaired) electrons. The van der Waals surface area contributed by atoms with Gasteiger partial charge in [-0.05, 0) is 46.0 Å². The van der Waals surface area contributed by atoms with Gasteiger partial charge >= 0.3 is 22.3 Å². The van der Waals surface area contributed by atoms with E-state index >= 15 is 0 Å². The lowest BCUT2D eigenvalue weighted by molar-refractivity contribution is -0.145. The first-order chi connectivity index (χ1) is 25.8. The molecule has 2 saturated carbocycles. The zero-order valence-corrected chi connectivity index (χ0v) is 35.4. The van der Waals surface area contributed by atoms with Crippen molar-refractivity contribution in [2.75, 3.05) is 34.2 Å². The smallest absolute Gasteiger partial charge is 0.424 e. The van der Waals surface area contributed by atoms with Gasteiger partial charge in [0.05, 0.1) is 6.04 Å². The minimum absolute atomic E-state index is 0.0182. The second-order valence-corrected chi connectivity index (χ2v) is 20.3. The summed E-state index contributed by atoms with van der Waals surface area (Å²) in [7, 11) is -0.635. The number of hydrogen-bond acceptors (Lipinski definition) is 9. The molecule has 1 aromatic carbocycles. The summed E-state index contributed by atoms with van der Waals surface area (Å²) in [6, 6.07) is 4.24. The molecule has 17 heteroatoms. The van der Waals surface area contributed by atoms with E-state index in [1.165, 1.54) is 19.0 Å². The highest BCUT2D eigenvalue weighted by Crippen LogP contribution is 2.65. The second-order valence-electron chi connectivity index (χ2n) is 18.2. The van der Waals surface area contributed by atoms with Gasteiger partial charge in [-0.25, -0.2) is 9.59 Å². The van der Waals surface area contributed by atoms with Gasteiger partial charge in [0.25, 0.3) is 5.91 Å². The Morgan fingerprint density at radius 1 is 0.929 bits per heavy atom. The Hall–Kier alpha value is -4.25. The summed E-state index contributed by atoms with van der Waals surface area (Å²) in [5.41, 5.74) is -1.08. The highest BCUT2D eigenvalue weighted by Gasteiger charge is 2.70. The van der Waals surface area contributed by atoms with Gasteiger partial charge in [-0.1, -0.05) is 98.6 Å². The van der Waals surface area contributed by atoms with Crippen LogP contribution in [0.25, 0.3) is 0 Å². The Morgan fingerprint density at radius 2 is 1.54 bits per heavy atom. The van der Waals surface area contributed by atoms with Gasteiger partial charge in [0.2, 0.25) is 17.6 Å². The van der Waals surface area contributed by atoms with Crippen LogP contribution < -0.4 is 21.3 Å². The zero-order chi connectivity index (χ0) is 42.1. The van der Waals surface area contributed by atoms with Gasteiger partial charge in [0, 0.05) is 40.3 Å². The number of benzene rings is 1. The maximum absolute atomic E-state index is 14.5. The van der Waals surface area contributed by atoms with E-state index in [-0.39, 0.29) is 42.9 Å². The van der Waals surface area contributed by atoms with Gasteiger partial charge in [-0.3, -0.25) is 19.2 Å². The SMILES string of the molecule is CNC(=O)C(=O)C(CC1CC1)NC(=O)[C@@H]1[C@@H]2[C@H](CN1C(=O)[C@@H](NC(=O)N[C@H](CN(C)S(=O)(=O)N(C)C(=O)OCc1ccccc1)C(C)(C)C)C(C)(C)C)C2(C)C. The van der Waals surface area contributed by atoms with Gasteiger partial charge in [0.1, 0.15) is 18.7 Å². The van der Waals surface area contributed by atoms with E-state index < -0.39 is 80.8 Å². The number of likely N-dealkylation sites (N-methyl/N-ethyl adjacent to an activating group) is 2. The van der Waals surface area contributed by atoms with Crippen LogP contribution in [0.4, 0.5) is 9.59 Å². The first-order valence-electron chi connectivity index (χ1n) is 19.2. The summed E-state index contributed by atoms with van der Waals surface area (Å²) < 4.78 is 33.6. The summed E-state index contributed by atoms with van der Waals surface area (Å²) in [5, 5.41) is 10.8. The number of amides is 6. The minimum atomic E-state index is -4.38. The molecule has 16 nitrogen and oxygen atoms in total. The Bertz CT molecular complexity index is 1770. The number of ether oxygens (including phenoxy) is 1. The lowest BCUT2D eigenvalue weighted by Gasteiger charge is -2.39. The number of nitrogens with zero attached hydrogens (tertiary/aromatic N) is 3. The third-order valence-corrected chi connectivity index (χ3v) is 13.3. The van der Waals surface area contributed by atoms with Crippen molar-refractivity contribution in [2.45, 2.75) is 105 Å². The van der Waals surface area contributed by atoms with E-state index in [4.69, 9.17) is 4.74 Å². The maximum atomic E-state index is 14.5. The number of carbonyl (C=O) groups excluding carboxylic acids is 6. The van der Waals surface area contributed by atoms with E-state index in [0.29, 0.717) is 16.3 Å². The van der Waals surface area contributed by atoms with Crippen molar-refractivity contribution in [2.24, 2.45) is 34.0 Å². The molecule has 3 aliphatic rings. The van der Waals surface area contributed by atoms with E-state index in [0.717, 1.165) is 24.2 Å². The molecule has 1 unspecified atom stereocenters. The van der Waals surface area contributed by atoms with E-state index in [1.807, 2.05) is 34.6 Å². The number of nitrogens with one attached hydrogen (secondary N) is 4. The molecule has 1 saturated heterocycles. The van der Waals surface area contributed by atoms with Crippen LogP contribution >= 0.6 is 0 Å². The van der Waals surface area contributed by atoms with Crippen molar-refractivity contribution in [1.29, 1.82) is 0 Å². The number of likely N-dealkylation sites (tertiary alicyclic amines) is 1. The summed E-state index contributed by atoms with van der Waals surface area (Å²) in [6.45, 7) is 14.8. The van der Waals surface area contributed by atoms with Crippen LogP contribution in [0.15, 0.2) is 30.3 Å². The van der Waals surface area contributed by atoms with E-state index in [2.05, 4.69) is 21.3 Å². The number of hydrogen-bond donors (Lipinski definition) is 4. The van der Waals surface area contributed by atoms with E-state index in [1.54, 1.807) is 51.1 Å². The molecule has 312 valence electrons. The number of urea groups is 1. The van der Waals surface area contributed by atoms with Crippen molar-refractivity contribution in [3.05, 3.63) is 35.9 Å². The number of ketones is 1. The van der Waals surface area contributed by atoms with Gasteiger partial charge < -0.3 is 30.9 Å². The Morgan fingerprint density at radius 3 is 2.07 bits per heavy atom. The van der Waals surface area contributed by atoms with Crippen LogP contribution in [0, 0.1) is 34.0 Å². The molecular weight excluding hydrogens is 743 g/mol. The Balaban J connectivity index is 1.48. The molecule has 6 amide bonds. The Labute approximate surface area is 331 Å². The number of fused-ring (bicyclic) bond motifs is 1. The average molecular weight is 804 g/mol. The third-order valence-electron chi connectivity index (χ3n) is 11.5. The molecule has 6 atom stereocenters. The summed E-state index contributed by atoms with van der Waals surface area (Å²) >= 11 is 0. The van der Waals surface area contributed by atoms with Crippen LogP contribution in [0.2, 0.25) is 0 Å². The zero-order valence-electron chi connectivity index (χ0n) is 34.6. The van der Waals surface area contributed by atoms with Gasteiger partial charge in [-0.2, -0.15) is 17.0 Å². The molecule has 4 N–H and O–H groups in total. The molecule has 1 aliphatic heterocycles. The molecule has 0 bridgehead atoms. The first kappa shape index (κ1) is 44.5. The van der Waals surface area contributed by atoms with E-state index in [9.17, 15) is 37.2 Å². The van der Waals surface area contributed by atoms with Crippen molar-refractivity contribution in [3.8, 4) is 0 Å². The molecule has 0 spiro atoms. The normalized spacial score (nSPS) is 21.9. The quantitative estimate of drug-likeness (QED) is 0.192. The number of rotatable bonds is 15. The minimum Gasteiger partial charge on any atom is -0.444 e. The first-order valence-corrected chi connectivity index (χ1v) is 20.6. The molecular formula is C39H61N7O9S. The van der Waals surface area contributed by atoms with Crippen molar-refractivity contribution < 1.29 is 41.9 Å². The van der Waals surface area contributed by atoms with Crippen LogP contribution in [-0.2, 0) is 40.7 Å². The summed E-state index contributed by atoms with van der Waals surface area (Å²) in [6.07, 6.45) is 1.08. The van der Waals surface area contributed by atoms with Crippen molar-refractivity contribution in [3.63, 3.8) is 0 Å². The Kier molecular flexibility index (Phi) is 13.3. The molecule has 4 rings (SSSR count). The average Bonchev–Trinajstić information content (AvgIpc) is 3.97. The maximum Gasteiger partial charge on any atom is 0.424 e. The summed E-state index contributed by atoms with van der Waals surface area (Å²) in [4.78, 5) is 81.8. The highest BCUT2D eigenvalue weighted by atomic mass is 32.2.